The van der Waals surface area contributed by atoms with Crippen LogP contribution in [0.5, 0.6) is 0 Å². The molecule has 7 nitrogen and oxygen atoms in total. The van der Waals surface area contributed by atoms with Crippen molar-refractivity contribution in [3.05, 3.63) is 59.5 Å². The van der Waals surface area contributed by atoms with Crippen molar-refractivity contribution in [2.75, 3.05) is 43.9 Å². The third kappa shape index (κ3) is 4.46. The standard InChI is InChI=1S/C27H31FN6O/c1-16(2)24-15-34(11-10-33(24)3)19-5-7-21(22(28)13-19)23-14-31-26(29)25(32-23)18-4-6-20-17(12-18)8-9-30-27(20)35/h4-7,12-14,16,24H,8-11,15H2,1-3H3,(H2,29,31)(H,30,35). The third-order valence-electron chi connectivity index (χ3n) is 7.16. The monoisotopic (exact) mass is 474 g/mol. The van der Waals surface area contributed by atoms with Gasteiger partial charge in [0, 0.05) is 54.6 Å². The first-order valence-corrected chi connectivity index (χ1v) is 12.1. The maximum absolute atomic E-state index is 15.3. The molecular weight excluding hydrogens is 443 g/mol. The number of hydrogen-bond donors (Lipinski definition) is 2. The molecule has 0 aliphatic carbocycles. The molecule has 1 unspecified atom stereocenters. The number of anilines is 2. The molecule has 182 valence electrons. The average molecular weight is 475 g/mol. The number of piperazine rings is 1. The summed E-state index contributed by atoms with van der Waals surface area (Å²) in [6, 6.07) is 11.3. The normalized spacial score (nSPS) is 18.5. The lowest BCUT2D eigenvalue weighted by molar-refractivity contribution is 0.0946. The molecule has 2 aliphatic heterocycles. The molecule has 3 heterocycles. The maximum Gasteiger partial charge on any atom is 0.251 e. The van der Waals surface area contributed by atoms with Crippen molar-refractivity contribution < 1.29 is 9.18 Å². The highest BCUT2D eigenvalue weighted by Crippen LogP contribution is 2.31. The highest BCUT2D eigenvalue weighted by molar-refractivity contribution is 5.97. The highest BCUT2D eigenvalue weighted by atomic mass is 19.1. The molecule has 1 saturated heterocycles. The Balaban J connectivity index is 1.44. The fraction of sp³-hybridized carbons (Fsp3) is 0.370. The van der Waals surface area contributed by atoms with E-state index < -0.39 is 0 Å². The van der Waals surface area contributed by atoms with Gasteiger partial charge in [0.25, 0.3) is 5.91 Å². The number of carbonyl (C=O) groups is 1. The number of nitrogens with two attached hydrogens (primary N) is 1. The summed E-state index contributed by atoms with van der Waals surface area (Å²) in [6.45, 7) is 7.72. The van der Waals surface area contributed by atoms with Gasteiger partial charge in [-0.15, -0.1) is 0 Å². The molecule has 1 fully saturated rings. The number of hydrogen-bond acceptors (Lipinski definition) is 6. The number of carbonyl (C=O) groups excluding carboxylic acids is 1. The minimum Gasteiger partial charge on any atom is -0.382 e. The molecule has 1 atom stereocenters. The Morgan fingerprint density at radius 1 is 1.14 bits per heavy atom. The first-order chi connectivity index (χ1) is 16.8. The van der Waals surface area contributed by atoms with Crippen LogP contribution in [0, 0.1) is 11.7 Å². The van der Waals surface area contributed by atoms with Gasteiger partial charge in [-0.25, -0.2) is 14.4 Å². The second kappa shape index (κ2) is 9.26. The number of likely N-dealkylation sites (N-methyl/N-ethyl adjacent to an activating group) is 1. The largest absolute Gasteiger partial charge is 0.382 e. The van der Waals surface area contributed by atoms with Crippen molar-refractivity contribution in [3.63, 3.8) is 0 Å². The Bertz CT molecular complexity index is 1280. The molecular formula is C27H31FN6O. The smallest absolute Gasteiger partial charge is 0.251 e. The van der Waals surface area contributed by atoms with Gasteiger partial charge in [-0.3, -0.25) is 9.69 Å². The molecule has 3 N–H and O–H groups in total. The fourth-order valence-electron chi connectivity index (χ4n) is 5.08. The summed E-state index contributed by atoms with van der Waals surface area (Å²) < 4.78 is 15.3. The average Bonchev–Trinajstić information content (AvgIpc) is 2.84. The molecule has 0 spiro atoms. The van der Waals surface area contributed by atoms with Crippen LogP contribution in [0.1, 0.15) is 29.8 Å². The second-order valence-corrected chi connectivity index (χ2v) is 9.77. The van der Waals surface area contributed by atoms with Gasteiger partial charge >= 0.3 is 0 Å². The second-order valence-electron chi connectivity index (χ2n) is 9.77. The van der Waals surface area contributed by atoms with E-state index in [1.54, 1.807) is 18.2 Å². The van der Waals surface area contributed by atoms with Gasteiger partial charge in [-0.05, 0) is 55.3 Å². The lowest BCUT2D eigenvalue weighted by Crippen LogP contribution is -2.53. The fourth-order valence-corrected chi connectivity index (χ4v) is 5.08. The zero-order chi connectivity index (χ0) is 24.7. The number of rotatable bonds is 4. The predicted molar refractivity (Wildman–Crippen MR) is 137 cm³/mol. The summed E-state index contributed by atoms with van der Waals surface area (Å²) in [5.74, 6) is 0.374. The number of benzene rings is 2. The molecule has 0 saturated carbocycles. The van der Waals surface area contributed by atoms with E-state index in [1.807, 2.05) is 18.2 Å². The number of amides is 1. The molecule has 0 bridgehead atoms. The Morgan fingerprint density at radius 2 is 1.94 bits per heavy atom. The van der Waals surface area contributed by atoms with Crippen molar-refractivity contribution in [3.8, 4) is 22.5 Å². The van der Waals surface area contributed by atoms with Gasteiger partial charge < -0.3 is 16.0 Å². The van der Waals surface area contributed by atoms with Gasteiger partial charge in [-0.1, -0.05) is 19.9 Å². The Labute approximate surface area is 205 Å². The summed E-state index contributed by atoms with van der Waals surface area (Å²) in [5.41, 5.74) is 10.7. The van der Waals surface area contributed by atoms with Crippen LogP contribution in [0.3, 0.4) is 0 Å². The first kappa shape index (κ1) is 23.2. The van der Waals surface area contributed by atoms with Crippen molar-refractivity contribution in [1.29, 1.82) is 0 Å². The van der Waals surface area contributed by atoms with Gasteiger partial charge in [0.1, 0.15) is 17.3 Å². The lowest BCUT2D eigenvalue weighted by Gasteiger charge is -2.42. The molecule has 3 aromatic rings. The summed E-state index contributed by atoms with van der Waals surface area (Å²) in [6.07, 6.45) is 2.25. The van der Waals surface area contributed by atoms with E-state index in [9.17, 15) is 4.79 Å². The number of nitrogen functional groups attached to an aromatic ring is 1. The van der Waals surface area contributed by atoms with Crippen molar-refractivity contribution in [2.24, 2.45) is 5.92 Å². The molecule has 2 aliphatic rings. The van der Waals surface area contributed by atoms with Gasteiger partial charge in [0.2, 0.25) is 0 Å². The minimum absolute atomic E-state index is 0.0761. The SMILES string of the molecule is CC(C)C1CN(c2ccc(-c3cnc(N)c(-c4ccc5c(c4)CCNC5=O)n3)c(F)c2)CCN1C. The van der Waals surface area contributed by atoms with E-state index in [4.69, 9.17) is 5.73 Å². The highest BCUT2D eigenvalue weighted by Gasteiger charge is 2.27. The van der Waals surface area contributed by atoms with Crippen molar-refractivity contribution >= 4 is 17.4 Å². The lowest BCUT2D eigenvalue weighted by atomic mass is 9.96. The van der Waals surface area contributed by atoms with E-state index in [2.05, 4.69) is 46.0 Å². The number of nitrogens with zero attached hydrogens (tertiary/aromatic N) is 4. The summed E-state index contributed by atoms with van der Waals surface area (Å²) in [7, 11) is 2.15. The van der Waals surface area contributed by atoms with Crippen LogP contribution in [0.4, 0.5) is 15.9 Å². The third-order valence-corrected chi connectivity index (χ3v) is 7.16. The van der Waals surface area contributed by atoms with E-state index in [-0.39, 0.29) is 17.5 Å². The molecule has 35 heavy (non-hydrogen) atoms. The molecule has 2 aromatic carbocycles. The zero-order valence-corrected chi connectivity index (χ0v) is 20.4. The molecule has 5 rings (SSSR count). The quantitative estimate of drug-likeness (QED) is 0.601. The summed E-state index contributed by atoms with van der Waals surface area (Å²) >= 11 is 0. The zero-order valence-electron chi connectivity index (χ0n) is 20.4. The van der Waals surface area contributed by atoms with Gasteiger partial charge in [-0.2, -0.15) is 0 Å². The van der Waals surface area contributed by atoms with Crippen LogP contribution in [0.2, 0.25) is 0 Å². The number of nitrogens with one attached hydrogen (secondary N) is 1. The molecule has 0 radical (unpaired) electrons. The van der Waals surface area contributed by atoms with E-state index in [0.717, 1.165) is 42.9 Å². The topological polar surface area (TPSA) is 87.4 Å². The predicted octanol–water partition coefficient (Wildman–Crippen LogP) is 3.59. The summed E-state index contributed by atoms with van der Waals surface area (Å²) in [5, 5.41) is 2.84. The van der Waals surface area contributed by atoms with Crippen LogP contribution in [0.15, 0.2) is 42.6 Å². The van der Waals surface area contributed by atoms with Crippen LogP contribution < -0.4 is 16.0 Å². The van der Waals surface area contributed by atoms with E-state index >= 15 is 4.39 Å². The minimum atomic E-state index is -0.338. The van der Waals surface area contributed by atoms with Crippen LogP contribution in [-0.2, 0) is 6.42 Å². The van der Waals surface area contributed by atoms with Crippen molar-refractivity contribution in [1.82, 2.24) is 20.2 Å². The van der Waals surface area contributed by atoms with Crippen LogP contribution >= 0.6 is 0 Å². The number of halogens is 1. The van der Waals surface area contributed by atoms with Crippen molar-refractivity contribution in [2.45, 2.75) is 26.3 Å². The Morgan fingerprint density at radius 3 is 2.71 bits per heavy atom. The maximum atomic E-state index is 15.3. The van der Waals surface area contributed by atoms with Gasteiger partial charge in [0.05, 0.1) is 11.9 Å². The number of fused-ring (bicyclic) bond motifs is 1. The van der Waals surface area contributed by atoms with Crippen LogP contribution in [-0.4, -0.2) is 60.0 Å². The van der Waals surface area contributed by atoms with E-state index in [1.165, 1.54) is 6.20 Å². The van der Waals surface area contributed by atoms with Gasteiger partial charge in [0.15, 0.2) is 0 Å². The Hall–Kier alpha value is -3.52. The Kier molecular flexibility index (Phi) is 6.15. The summed E-state index contributed by atoms with van der Waals surface area (Å²) in [4.78, 5) is 25.7. The molecule has 1 aromatic heterocycles. The number of aromatic nitrogens is 2. The molecule has 8 heteroatoms. The van der Waals surface area contributed by atoms with Crippen LogP contribution in [0.25, 0.3) is 22.5 Å². The molecule has 1 amide bonds. The van der Waals surface area contributed by atoms with E-state index in [0.29, 0.717) is 41.0 Å². The first-order valence-electron chi connectivity index (χ1n) is 12.1.